The van der Waals surface area contributed by atoms with E-state index >= 15 is 0 Å². The number of thioether (sulfide) groups is 1. The van der Waals surface area contributed by atoms with Crippen LogP contribution >= 0.6 is 11.8 Å². The molecule has 3 aliphatic rings. The van der Waals surface area contributed by atoms with E-state index in [9.17, 15) is 0 Å². The van der Waals surface area contributed by atoms with Crippen LogP contribution in [0.2, 0.25) is 0 Å². The van der Waals surface area contributed by atoms with Gasteiger partial charge in [0.25, 0.3) is 0 Å². The van der Waals surface area contributed by atoms with E-state index in [1.54, 1.807) is 0 Å². The van der Waals surface area contributed by atoms with E-state index < -0.39 is 8.80 Å². The quantitative estimate of drug-likeness (QED) is 0.105. The first-order valence-corrected chi connectivity index (χ1v) is 20.2. The third-order valence-electron chi connectivity index (χ3n) is 10.8. The van der Waals surface area contributed by atoms with Crippen molar-refractivity contribution in [1.82, 2.24) is 9.55 Å². The van der Waals surface area contributed by atoms with E-state index in [1.807, 2.05) is 11.8 Å². The number of amidine groups is 1. The van der Waals surface area contributed by atoms with Gasteiger partial charge in [0.15, 0.2) is 11.5 Å². The van der Waals surface area contributed by atoms with E-state index in [2.05, 4.69) is 192 Å². The molecule has 0 bridgehead atoms. The van der Waals surface area contributed by atoms with Crippen molar-refractivity contribution < 1.29 is 25.6 Å². The third-order valence-corrected chi connectivity index (χ3v) is 15.3. The van der Waals surface area contributed by atoms with Crippen LogP contribution in [-0.2, 0) is 35.2 Å². The van der Waals surface area contributed by atoms with E-state index in [0.717, 1.165) is 40.0 Å². The molecule has 0 N–H and O–H groups in total. The average Bonchev–Trinajstić information content (AvgIpc) is 3.75. The summed E-state index contributed by atoms with van der Waals surface area (Å²) in [5.74, 6) is 1.82. The number of anilines is 4. The monoisotopic (exact) mass is 904 g/mol. The van der Waals surface area contributed by atoms with Gasteiger partial charge in [-0.3, -0.25) is 9.89 Å². The zero-order valence-corrected chi connectivity index (χ0v) is 33.7. The van der Waals surface area contributed by atoms with Crippen LogP contribution in [0.3, 0.4) is 0 Å². The number of aryl methyl sites for hydroxylation is 2. The summed E-state index contributed by atoms with van der Waals surface area (Å²) in [5, 5.41) is 4.23. The van der Waals surface area contributed by atoms with Crippen molar-refractivity contribution in [3.8, 4) is 11.3 Å². The summed E-state index contributed by atoms with van der Waals surface area (Å²) in [6.07, 6.45) is 8.98. The second-order valence-electron chi connectivity index (χ2n) is 13.8. The normalized spacial score (nSPS) is 18.6. The van der Waals surface area contributed by atoms with E-state index in [1.165, 1.54) is 31.9 Å². The summed E-state index contributed by atoms with van der Waals surface area (Å²) in [5.41, 5.74) is 8.14. The molecule has 0 amide bonds. The molecule has 6 heterocycles. The molecule has 53 heavy (non-hydrogen) atoms. The van der Waals surface area contributed by atoms with Gasteiger partial charge in [0.2, 0.25) is 0 Å². The van der Waals surface area contributed by atoms with Gasteiger partial charge in [-0.25, -0.2) is 4.98 Å². The fraction of sp³-hybridized carbons (Fsp3) is 0.136. The Hall–Kier alpha value is -4.88. The van der Waals surface area contributed by atoms with E-state index in [4.69, 9.17) is 9.98 Å². The topological polar surface area (TPSA) is 40.5 Å². The molecule has 9 heteroatoms. The van der Waals surface area contributed by atoms with E-state index in [-0.39, 0.29) is 37.9 Å². The molecule has 0 aliphatic carbocycles. The first kappa shape index (κ1) is 33.9. The summed E-state index contributed by atoms with van der Waals surface area (Å²) in [4.78, 5) is 17.3. The van der Waals surface area contributed by atoms with Crippen molar-refractivity contribution in [2.75, 3.05) is 16.8 Å². The van der Waals surface area contributed by atoms with Crippen molar-refractivity contribution in [2.24, 2.45) is 19.1 Å². The Bertz CT molecular complexity index is 2500. The molecule has 4 aromatic carbocycles. The maximum atomic E-state index is 5.86. The summed E-state index contributed by atoms with van der Waals surface area (Å²) in [6, 6.07) is 46.6. The minimum atomic E-state index is -1.32. The Morgan fingerprint density at radius 1 is 0.774 bits per heavy atom. The fourth-order valence-electron chi connectivity index (χ4n) is 8.46. The van der Waals surface area contributed by atoms with Crippen molar-refractivity contribution in [3.05, 3.63) is 158 Å². The summed E-state index contributed by atoms with van der Waals surface area (Å²) < 4.78 is 4.36. The van der Waals surface area contributed by atoms with Gasteiger partial charge in [-0.1, -0.05) is 118 Å². The Labute approximate surface area is 330 Å². The largest absolute Gasteiger partial charge is 0.340 e. The first-order valence-electron chi connectivity index (χ1n) is 17.8. The average molecular weight is 905 g/mol. The summed E-state index contributed by atoms with van der Waals surface area (Å²) >= 11 is 1.95. The van der Waals surface area contributed by atoms with Crippen LogP contribution in [0.25, 0.3) is 22.3 Å². The molecule has 0 saturated heterocycles. The molecule has 3 aromatic heterocycles. The minimum Gasteiger partial charge on any atom is -0.340 e. The Balaban J connectivity index is 0.00000372. The number of aromatic nitrogens is 3. The number of pyridine rings is 1. The predicted molar refractivity (Wildman–Crippen MR) is 217 cm³/mol. The van der Waals surface area contributed by atoms with Crippen molar-refractivity contribution in [2.45, 2.75) is 21.7 Å². The maximum Gasteiger partial charge on any atom is 0.178 e. The van der Waals surface area contributed by atoms with Gasteiger partial charge in [0, 0.05) is 56.6 Å². The van der Waals surface area contributed by atoms with Gasteiger partial charge in [-0.2, -0.15) is 0 Å². The summed E-state index contributed by atoms with van der Waals surface area (Å²) in [7, 11) is 5.02. The Morgan fingerprint density at radius 2 is 1.45 bits per heavy atom. The predicted octanol–water partition coefficient (Wildman–Crippen LogP) is 7.44. The zero-order chi connectivity index (χ0) is 34.9. The van der Waals surface area contributed by atoms with Crippen LogP contribution in [0.5, 0.6) is 0 Å². The van der Waals surface area contributed by atoms with Crippen LogP contribution in [0, 0.1) is 0 Å². The van der Waals surface area contributed by atoms with Crippen molar-refractivity contribution in [3.63, 3.8) is 0 Å². The molecule has 3 atom stereocenters. The Morgan fingerprint density at radius 3 is 2.21 bits per heavy atom. The van der Waals surface area contributed by atoms with Crippen LogP contribution in [-0.4, -0.2) is 42.5 Å². The number of aliphatic imine (C=N–C) groups is 1. The molecule has 0 spiro atoms. The van der Waals surface area contributed by atoms with Crippen LogP contribution in [0.15, 0.2) is 162 Å². The Kier molecular flexibility index (Phi) is 8.65. The molecule has 0 fully saturated rings. The molecule has 0 saturated carbocycles. The van der Waals surface area contributed by atoms with Gasteiger partial charge < -0.3 is 14.0 Å². The molecule has 263 valence electrons. The molecular weight excluding hydrogens is 868 g/mol. The molecule has 10 rings (SSSR count). The van der Waals surface area contributed by atoms with Crippen LogP contribution in [0.4, 0.5) is 22.9 Å². The van der Waals surface area contributed by atoms with Crippen LogP contribution < -0.4 is 24.7 Å². The van der Waals surface area contributed by atoms with Gasteiger partial charge in [0.05, 0.1) is 42.4 Å². The molecule has 3 aliphatic heterocycles. The maximum absolute atomic E-state index is 5.86. The number of para-hydroxylation sites is 2. The summed E-state index contributed by atoms with van der Waals surface area (Å²) in [6.45, 7) is 0. The van der Waals surface area contributed by atoms with Crippen molar-refractivity contribution >= 4 is 70.7 Å². The van der Waals surface area contributed by atoms with E-state index in [0.29, 0.717) is 0 Å². The molecule has 7 aromatic rings. The third kappa shape index (κ3) is 5.49. The molecule has 6 nitrogen and oxygen atoms in total. The number of hydrogen-bond acceptors (Lipinski definition) is 5. The standard InChI is InChI=1S/C44H37N6SSi.Pt/c1-47-27-26-31-33(28-48(2)44(31)47)34-22-23-37-43(45-34)50(36-20-12-11-19-35(36)49(37)3)40-25-24-39-41(46-40)42(32-18-10-13-21-38(32)51-39)52(29-14-6-4-7-15-29)30-16-8-5-9-17-30;/h4-28,39,41-42H,1-3H3;. The van der Waals surface area contributed by atoms with Gasteiger partial charge in [0.1, 0.15) is 14.6 Å². The molecule has 1 radical (unpaired) electrons. The number of fused-ring (bicyclic) bond motifs is 5. The fourth-order valence-corrected chi connectivity index (χ4v) is 13.3. The second kappa shape index (κ2) is 13.5. The number of rotatable bonds is 4. The first-order chi connectivity index (χ1) is 25.5. The number of nitrogens with zero attached hydrogens (tertiary/aromatic N) is 6. The van der Waals surface area contributed by atoms with Gasteiger partial charge in [-0.15, -0.1) is 17.8 Å². The smallest absolute Gasteiger partial charge is 0.178 e. The molecule has 3 unspecified atom stereocenters. The molecular formula is C44H37N6PtSSi. The van der Waals surface area contributed by atoms with Crippen LogP contribution in [0.1, 0.15) is 11.1 Å². The van der Waals surface area contributed by atoms with Crippen molar-refractivity contribution in [1.29, 1.82) is 0 Å². The second-order valence-corrected chi connectivity index (χ2v) is 17.6. The van der Waals surface area contributed by atoms with Gasteiger partial charge >= 0.3 is 0 Å². The zero-order valence-electron chi connectivity index (χ0n) is 29.6. The SMILES string of the molecule is CN1c2ccccc2N(C2=NC3C(C=C2)Sc2ccccc2C3[Si](c2ccccc2)c2ccccc2)c2nc(-c3cn(C)c4c3[cH-]c[n+]4C)ccc21.[Pt]. The number of hydrogen-bond donors (Lipinski definition) is 0. The minimum absolute atomic E-state index is 0. The number of dihydropyridines is 1. The van der Waals surface area contributed by atoms with Gasteiger partial charge in [-0.05, 0) is 42.0 Å². The number of benzene rings is 4.